The van der Waals surface area contributed by atoms with Gasteiger partial charge in [-0.05, 0) is 6.92 Å². The van der Waals surface area contributed by atoms with Crippen molar-refractivity contribution in [1.29, 1.82) is 0 Å². The Morgan fingerprint density at radius 2 is 2.00 bits per heavy atom. The molecule has 4 nitrogen and oxygen atoms in total. The Morgan fingerprint density at radius 3 is 2.29 bits per heavy atom. The van der Waals surface area contributed by atoms with E-state index in [0.717, 1.165) is 0 Å². The third-order valence-corrected chi connectivity index (χ3v) is 3.65. The molecule has 0 saturated heterocycles. The molecule has 0 radical (unpaired) electrons. The molecule has 5 heteroatoms. The lowest BCUT2D eigenvalue weighted by atomic mass is 10.1. The van der Waals surface area contributed by atoms with Gasteiger partial charge in [0.15, 0.2) is 4.87 Å². The van der Waals surface area contributed by atoms with Crippen LogP contribution in [-0.2, 0) is 14.3 Å². The van der Waals surface area contributed by atoms with Crippen molar-refractivity contribution in [2.24, 2.45) is 11.3 Å². The fourth-order valence-corrected chi connectivity index (χ4v) is 2.28. The van der Waals surface area contributed by atoms with Crippen LogP contribution in [0.25, 0.3) is 0 Å². The van der Waals surface area contributed by atoms with E-state index in [2.05, 4.69) is 0 Å². The first kappa shape index (κ1) is 11.3. The number of ether oxygens (including phenoxy) is 1. The van der Waals surface area contributed by atoms with Crippen LogP contribution < -0.4 is 0 Å². The quantitative estimate of drug-likeness (QED) is 0.575. The predicted octanol–water partition coefficient (Wildman–Crippen LogP) is 1.27. The van der Waals surface area contributed by atoms with Crippen LogP contribution in [0.1, 0.15) is 20.8 Å². The zero-order valence-electron chi connectivity index (χ0n) is 8.33. The normalized spacial score (nSPS) is 33.6. The molecule has 2 atom stereocenters. The fourth-order valence-electron chi connectivity index (χ4n) is 1.81. The molecule has 80 valence electrons. The Labute approximate surface area is 87.2 Å². The SMILES string of the molecule is CCOC(=O)C1(Cl)C(C(=O)O)C1(C)C. The van der Waals surface area contributed by atoms with E-state index in [4.69, 9.17) is 21.4 Å². The summed E-state index contributed by atoms with van der Waals surface area (Å²) in [7, 11) is 0. The predicted molar refractivity (Wildman–Crippen MR) is 50.1 cm³/mol. The van der Waals surface area contributed by atoms with Crippen LogP contribution >= 0.6 is 11.6 Å². The van der Waals surface area contributed by atoms with Gasteiger partial charge in [0.1, 0.15) is 0 Å². The Kier molecular flexibility index (Phi) is 2.52. The number of hydrogen-bond donors (Lipinski definition) is 1. The molecule has 0 amide bonds. The number of alkyl halides is 1. The molecule has 14 heavy (non-hydrogen) atoms. The number of carboxylic acid groups (broad SMARTS) is 1. The number of carboxylic acids is 1. The molecule has 0 aliphatic heterocycles. The summed E-state index contributed by atoms with van der Waals surface area (Å²) in [5, 5.41) is 8.85. The van der Waals surface area contributed by atoms with Gasteiger partial charge in [0, 0.05) is 5.41 Å². The van der Waals surface area contributed by atoms with Crippen molar-refractivity contribution in [2.75, 3.05) is 6.61 Å². The minimum Gasteiger partial charge on any atom is -0.481 e. The first-order valence-electron chi connectivity index (χ1n) is 4.39. The van der Waals surface area contributed by atoms with Crippen LogP contribution in [0.2, 0.25) is 0 Å². The maximum absolute atomic E-state index is 11.4. The van der Waals surface area contributed by atoms with Gasteiger partial charge in [0.25, 0.3) is 0 Å². The van der Waals surface area contributed by atoms with Crippen molar-refractivity contribution < 1.29 is 19.4 Å². The molecule has 1 rings (SSSR count). The van der Waals surface area contributed by atoms with Gasteiger partial charge in [-0.1, -0.05) is 13.8 Å². The molecule has 1 saturated carbocycles. The number of aliphatic carboxylic acids is 1. The van der Waals surface area contributed by atoms with Crippen LogP contribution in [0.5, 0.6) is 0 Å². The highest BCUT2D eigenvalue weighted by atomic mass is 35.5. The Morgan fingerprint density at radius 1 is 1.50 bits per heavy atom. The lowest BCUT2D eigenvalue weighted by molar-refractivity contribution is -0.147. The molecule has 1 aliphatic carbocycles. The molecule has 0 aromatic carbocycles. The maximum Gasteiger partial charge on any atom is 0.328 e. The maximum atomic E-state index is 11.4. The van der Waals surface area contributed by atoms with Gasteiger partial charge in [-0.15, -0.1) is 11.6 Å². The summed E-state index contributed by atoms with van der Waals surface area (Å²) >= 11 is 5.97. The van der Waals surface area contributed by atoms with Crippen LogP contribution in [0.3, 0.4) is 0 Å². The number of carbonyl (C=O) groups excluding carboxylic acids is 1. The van der Waals surface area contributed by atoms with E-state index in [9.17, 15) is 9.59 Å². The van der Waals surface area contributed by atoms with Crippen molar-refractivity contribution in [3.05, 3.63) is 0 Å². The molecule has 2 unspecified atom stereocenters. The number of halogens is 1. The Bertz CT molecular complexity index is 287. The van der Waals surface area contributed by atoms with Gasteiger partial charge in [0.05, 0.1) is 12.5 Å². The highest BCUT2D eigenvalue weighted by Crippen LogP contribution is 2.66. The molecule has 0 aromatic rings. The zero-order valence-corrected chi connectivity index (χ0v) is 9.09. The van der Waals surface area contributed by atoms with Crippen LogP contribution in [0.15, 0.2) is 0 Å². The number of rotatable bonds is 3. The average Bonchev–Trinajstić information content (AvgIpc) is 2.48. The van der Waals surface area contributed by atoms with Crippen molar-refractivity contribution in [3.8, 4) is 0 Å². The first-order valence-corrected chi connectivity index (χ1v) is 4.76. The summed E-state index contributed by atoms with van der Waals surface area (Å²) < 4.78 is 4.75. The van der Waals surface area contributed by atoms with Crippen molar-refractivity contribution >= 4 is 23.5 Å². The average molecular weight is 221 g/mol. The summed E-state index contributed by atoms with van der Waals surface area (Å²) in [5.41, 5.74) is -0.743. The number of carbonyl (C=O) groups is 2. The van der Waals surface area contributed by atoms with Gasteiger partial charge in [-0.3, -0.25) is 9.59 Å². The molecular weight excluding hydrogens is 208 g/mol. The monoisotopic (exact) mass is 220 g/mol. The molecular formula is C9H13ClO4. The van der Waals surface area contributed by atoms with Crippen molar-refractivity contribution in [1.82, 2.24) is 0 Å². The minimum atomic E-state index is -1.39. The summed E-state index contributed by atoms with van der Waals surface area (Å²) in [6.07, 6.45) is 0. The smallest absolute Gasteiger partial charge is 0.328 e. The van der Waals surface area contributed by atoms with Gasteiger partial charge >= 0.3 is 11.9 Å². The molecule has 0 spiro atoms. The van der Waals surface area contributed by atoms with E-state index < -0.39 is 28.1 Å². The molecule has 1 N–H and O–H groups in total. The standard InChI is InChI=1S/C9H13ClO4/c1-4-14-7(13)9(10)5(6(11)12)8(9,2)3/h5H,4H2,1-3H3,(H,11,12). The van der Waals surface area contributed by atoms with E-state index >= 15 is 0 Å². The Balaban J connectivity index is 2.88. The van der Waals surface area contributed by atoms with E-state index in [1.807, 2.05) is 0 Å². The van der Waals surface area contributed by atoms with Crippen molar-refractivity contribution in [2.45, 2.75) is 25.6 Å². The second kappa shape index (κ2) is 3.12. The molecule has 0 aromatic heterocycles. The third kappa shape index (κ3) is 1.21. The summed E-state index contributed by atoms with van der Waals surface area (Å²) in [6, 6.07) is 0. The number of esters is 1. The van der Waals surface area contributed by atoms with Crippen molar-refractivity contribution in [3.63, 3.8) is 0 Å². The van der Waals surface area contributed by atoms with E-state index in [1.165, 1.54) is 0 Å². The second-order valence-electron chi connectivity index (χ2n) is 3.93. The van der Waals surface area contributed by atoms with E-state index in [-0.39, 0.29) is 6.61 Å². The minimum absolute atomic E-state index is 0.204. The van der Waals surface area contributed by atoms with Crippen LogP contribution in [0, 0.1) is 11.3 Å². The molecule has 0 bridgehead atoms. The number of hydrogen-bond acceptors (Lipinski definition) is 3. The lowest BCUT2D eigenvalue weighted by Gasteiger charge is -2.09. The largest absolute Gasteiger partial charge is 0.481 e. The van der Waals surface area contributed by atoms with E-state index in [0.29, 0.717) is 0 Å². The van der Waals surface area contributed by atoms with Gasteiger partial charge in [-0.25, -0.2) is 0 Å². The highest BCUT2D eigenvalue weighted by Gasteiger charge is 2.79. The van der Waals surface area contributed by atoms with Crippen LogP contribution in [-0.4, -0.2) is 28.5 Å². The lowest BCUT2D eigenvalue weighted by Crippen LogP contribution is -2.26. The van der Waals surface area contributed by atoms with Gasteiger partial charge < -0.3 is 9.84 Å². The summed E-state index contributed by atoms with van der Waals surface area (Å²) in [6.45, 7) is 5.16. The van der Waals surface area contributed by atoms with Gasteiger partial charge in [0.2, 0.25) is 0 Å². The third-order valence-electron chi connectivity index (χ3n) is 2.79. The first-order chi connectivity index (χ1) is 6.30. The fraction of sp³-hybridized carbons (Fsp3) is 0.778. The summed E-state index contributed by atoms with van der Waals surface area (Å²) in [5.74, 6) is -2.56. The summed E-state index contributed by atoms with van der Waals surface area (Å²) in [4.78, 5) is 20.9. The van der Waals surface area contributed by atoms with Crippen LogP contribution in [0.4, 0.5) is 0 Å². The second-order valence-corrected chi connectivity index (χ2v) is 4.52. The molecule has 1 aliphatic rings. The zero-order chi connectivity index (χ0) is 11.1. The topological polar surface area (TPSA) is 63.6 Å². The van der Waals surface area contributed by atoms with Gasteiger partial charge in [-0.2, -0.15) is 0 Å². The Hall–Kier alpha value is -0.770. The molecule has 1 fully saturated rings. The van der Waals surface area contributed by atoms with E-state index in [1.54, 1.807) is 20.8 Å². The highest BCUT2D eigenvalue weighted by molar-refractivity contribution is 6.39. The molecule has 0 heterocycles.